The van der Waals surface area contributed by atoms with Crippen molar-refractivity contribution in [2.45, 2.75) is 205 Å². The van der Waals surface area contributed by atoms with E-state index in [1.54, 1.807) is 41.1 Å². The number of cyclic esters (lactones) is 1. The summed E-state index contributed by atoms with van der Waals surface area (Å²) >= 11 is 0. The van der Waals surface area contributed by atoms with Crippen molar-refractivity contribution < 1.29 is 77.3 Å². The van der Waals surface area contributed by atoms with Gasteiger partial charge in [0.15, 0.2) is 5.78 Å². The summed E-state index contributed by atoms with van der Waals surface area (Å²) in [7, 11) is 4.47. The largest absolute Gasteiger partial charge is 0.481 e. The Hall–Kier alpha value is -4.39. The highest BCUT2D eigenvalue weighted by Gasteiger charge is 2.53. The Kier molecular flexibility index (Phi) is 24.8. The third-order valence-electron chi connectivity index (χ3n) is 15.4. The number of aliphatic hydroxyl groups is 2. The van der Waals surface area contributed by atoms with Crippen molar-refractivity contribution in [2.75, 3.05) is 27.9 Å². The van der Waals surface area contributed by atoms with Crippen molar-refractivity contribution in [3.63, 3.8) is 0 Å². The Balaban J connectivity index is 1.63. The molecule has 3 N–H and O–H groups in total. The van der Waals surface area contributed by atoms with Crippen LogP contribution in [-0.4, -0.2) is 144 Å². The Bertz CT molecular complexity index is 2010. The number of carbonyl (C=O) groups excluding carboxylic acids is 6. The molecule has 0 spiro atoms. The summed E-state index contributed by atoms with van der Waals surface area (Å²) in [5, 5.41) is 32.3. The van der Waals surface area contributed by atoms with E-state index in [2.05, 4.69) is 0 Å². The van der Waals surface area contributed by atoms with Gasteiger partial charge in [-0.15, -0.1) is 0 Å². The number of rotatable bonds is 12. The molecule has 4 rings (SSSR count). The van der Waals surface area contributed by atoms with E-state index in [0.717, 1.165) is 5.57 Å². The van der Waals surface area contributed by atoms with Crippen LogP contribution in [0.15, 0.2) is 47.6 Å². The number of fused-ring (bicyclic) bond motifs is 3. The molecule has 2 saturated heterocycles. The van der Waals surface area contributed by atoms with Crippen molar-refractivity contribution in [1.82, 2.24) is 4.90 Å². The molecule has 0 radical (unpaired) electrons. The lowest BCUT2D eigenvalue weighted by molar-refractivity contribution is -0.265. The maximum Gasteiger partial charge on any atom is 0.329 e. The van der Waals surface area contributed by atoms with Gasteiger partial charge >= 0.3 is 17.9 Å². The Labute approximate surface area is 432 Å². The van der Waals surface area contributed by atoms with Crippen LogP contribution in [0.4, 0.5) is 0 Å². The minimum Gasteiger partial charge on any atom is -0.481 e. The van der Waals surface area contributed by atoms with Gasteiger partial charge in [-0.2, -0.15) is 0 Å². The molecule has 0 unspecified atom stereocenters. The van der Waals surface area contributed by atoms with Crippen LogP contribution < -0.4 is 0 Å². The molecule has 3 fully saturated rings. The van der Waals surface area contributed by atoms with Crippen LogP contribution in [-0.2, 0) is 62.0 Å². The van der Waals surface area contributed by atoms with Gasteiger partial charge in [-0.25, -0.2) is 4.79 Å². The van der Waals surface area contributed by atoms with Gasteiger partial charge in [0, 0.05) is 71.8 Å². The number of aliphatic hydroxyl groups excluding tert-OH is 1. The molecule has 1 saturated carbocycles. The lowest BCUT2D eigenvalue weighted by Gasteiger charge is -2.42. The molecule has 17 heteroatoms. The molecule has 2 bridgehead atoms. The number of carboxylic acid groups (broad SMARTS) is 1. The van der Waals surface area contributed by atoms with Crippen molar-refractivity contribution in [1.29, 1.82) is 0 Å². The molecule has 0 aromatic carbocycles. The van der Waals surface area contributed by atoms with Gasteiger partial charge < -0.3 is 48.6 Å². The van der Waals surface area contributed by atoms with E-state index in [1.807, 2.05) is 51.2 Å². The highest BCUT2D eigenvalue weighted by atomic mass is 16.6. The van der Waals surface area contributed by atoms with Gasteiger partial charge in [0.05, 0.1) is 18.3 Å². The number of methoxy groups -OCH3 is 3. The van der Waals surface area contributed by atoms with Crippen LogP contribution in [0.5, 0.6) is 0 Å². The first kappa shape index (κ1) is 61.2. The Morgan fingerprint density at radius 3 is 2.26 bits per heavy atom. The third kappa shape index (κ3) is 17.9. The predicted molar refractivity (Wildman–Crippen MR) is 271 cm³/mol. The summed E-state index contributed by atoms with van der Waals surface area (Å²) in [4.78, 5) is 95.4. The molecule has 410 valence electrons. The van der Waals surface area contributed by atoms with E-state index in [9.17, 15) is 43.8 Å². The number of nitrogens with zero attached hydrogens (tertiary/aromatic N) is 1. The lowest BCUT2D eigenvalue weighted by Crippen LogP contribution is -2.61. The van der Waals surface area contributed by atoms with Crippen LogP contribution in [0.2, 0.25) is 0 Å². The predicted octanol–water partition coefficient (Wildman–Crippen LogP) is 7.13. The second kappa shape index (κ2) is 29.6. The second-order valence-electron chi connectivity index (χ2n) is 21.2. The molecule has 73 heavy (non-hydrogen) atoms. The number of unbranched alkanes of at least 4 members (excludes halogenated alkanes) is 1. The zero-order valence-electron chi connectivity index (χ0n) is 44.8. The third-order valence-corrected chi connectivity index (χ3v) is 15.4. The van der Waals surface area contributed by atoms with Crippen molar-refractivity contribution in [3.8, 4) is 0 Å². The molecular weight excluding hydrogens is 943 g/mol. The number of carbonyl (C=O) groups is 7. The fourth-order valence-corrected chi connectivity index (χ4v) is 10.7. The number of hydrogen-bond donors (Lipinski definition) is 3. The highest BCUT2D eigenvalue weighted by Crippen LogP contribution is 2.38. The monoisotopic (exact) mass is 1030 g/mol. The first-order valence-corrected chi connectivity index (χ1v) is 26.5. The van der Waals surface area contributed by atoms with Crippen LogP contribution in [0.3, 0.4) is 0 Å². The molecule has 17 nitrogen and oxygen atoms in total. The molecule has 3 heterocycles. The topological polar surface area (TPSA) is 239 Å². The van der Waals surface area contributed by atoms with E-state index in [0.29, 0.717) is 82.6 Å². The smallest absolute Gasteiger partial charge is 0.329 e. The van der Waals surface area contributed by atoms with E-state index >= 15 is 0 Å². The fourth-order valence-electron chi connectivity index (χ4n) is 10.7. The summed E-state index contributed by atoms with van der Waals surface area (Å²) in [5.41, 5.74) is 1.22. The van der Waals surface area contributed by atoms with Gasteiger partial charge in [0.2, 0.25) is 5.79 Å². The van der Waals surface area contributed by atoms with E-state index in [-0.39, 0.29) is 62.1 Å². The maximum absolute atomic E-state index is 14.5. The van der Waals surface area contributed by atoms with Crippen LogP contribution in [0.1, 0.15) is 151 Å². The van der Waals surface area contributed by atoms with Gasteiger partial charge in [0.1, 0.15) is 36.2 Å². The molecule has 0 aromatic rings. The van der Waals surface area contributed by atoms with Crippen LogP contribution in [0.25, 0.3) is 0 Å². The SMILES string of the molecule is CO[C@H]1C[C@@H]2CC[C@@H](C)[C@@](O)(O2)C(=O)C(=O)N2CCCC[C@H]2C(=O)O[C@H]([C@H](C)C[C@@H]2CC[C@@H](OC(=O)CCCCC(=O)O)[C@H](OC)C2)CC(=O)C/C=C(\C)[C@@H](O)[C@@H](OC)C(=O)[C@H](C)C[C@H](C)/C=C/C=C/C=C/1C. The summed E-state index contributed by atoms with van der Waals surface area (Å²) in [6, 6.07) is -1.18. The lowest BCUT2D eigenvalue weighted by atomic mass is 9.78. The zero-order chi connectivity index (χ0) is 54.0. The van der Waals surface area contributed by atoms with E-state index in [1.165, 1.54) is 12.0 Å². The van der Waals surface area contributed by atoms with Crippen molar-refractivity contribution in [3.05, 3.63) is 47.6 Å². The van der Waals surface area contributed by atoms with Gasteiger partial charge in [-0.1, -0.05) is 64.2 Å². The number of allylic oxidation sites excluding steroid dienone is 6. The van der Waals surface area contributed by atoms with Crippen LogP contribution in [0, 0.1) is 29.6 Å². The van der Waals surface area contributed by atoms with Gasteiger partial charge in [-0.05, 0) is 120 Å². The van der Waals surface area contributed by atoms with Crippen molar-refractivity contribution in [2.24, 2.45) is 29.6 Å². The standard InChI is InChI=1S/C56H85NO16/c1-34-17-11-10-12-18-35(2)45(68-7)33-42-26-23-39(6)56(67,73-42)53(64)54(65)57-28-16-15-19-43(57)55(66)72-46(32-41(58)25-22-36(3)50(62)52(70-9)51(63)38(5)29-34)37(4)30-40-24-27-44(47(31-40)69-8)71-49(61)21-14-13-20-48(59)60/h10-12,17-18,22,34,37-40,42-47,50,52,62,67H,13-16,19-21,23-33H2,1-9H3,(H,59,60)/b12-10+,17-11+,35-18+,36-22+/t34-,37-,38-,39-,40+,42+,43+,44-,45+,46+,47-,50-,52-,56-/m1/s1. The second-order valence-corrected chi connectivity index (χ2v) is 21.2. The Morgan fingerprint density at radius 2 is 1.58 bits per heavy atom. The number of esters is 2. The molecular formula is C56H85NO16. The number of piperidine rings is 1. The van der Waals surface area contributed by atoms with Crippen molar-refractivity contribution >= 4 is 41.2 Å². The number of aliphatic carboxylic acids is 1. The number of Topliss-reactive ketones (excluding diaryl/α,β-unsaturated/α-hetero) is 3. The van der Waals surface area contributed by atoms with Crippen LogP contribution >= 0.6 is 0 Å². The Morgan fingerprint density at radius 1 is 0.849 bits per heavy atom. The first-order valence-electron chi connectivity index (χ1n) is 26.5. The maximum atomic E-state index is 14.5. The normalized spacial score (nSPS) is 36.1. The van der Waals surface area contributed by atoms with Gasteiger partial charge in [-0.3, -0.25) is 28.8 Å². The quantitative estimate of drug-likeness (QED) is 0.0763. The molecule has 4 aliphatic rings. The van der Waals surface area contributed by atoms with Gasteiger partial charge in [0.25, 0.3) is 11.7 Å². The molecule has 1 aliphatic carbocycles. The average molecular weight is 1030 g/mol. The summed E-state index contributed by atoms with van der Waals surface area (Å²) in [6.07, 6.45) is 11.0. The molecule has 3 aliphatic heterocycles. The number of amides is 1. The summed E-state index contributed by atoms with van der Waals surface area (Å²) in [5.74, 6) is -9.00. The highest BCUT2D eigenvalue weighted by molar-refractivity contribution is 6.39. The summed E-state index contributed by atoms with van der Waals surface area (Å²) in [6.45, 7) is 10.9. The molecule has 1 amide bonds. The van der Waals surface area contributed by atoms with E-state index < -0.39 is 102 Å². The minimum atomic E-state index is -2.46. The minimum absolute atomic E-state index is 0.0000159. The number of ether oxygens (including phenoxy) is 6. The zero-order valence-corrected chi connectivity index (χ0v) is 44.8. The number of hydrogen-bond acceptors (Lipinski definition) is 15. The van der Waals surface area contributed by atoms with E-state index in [4.69, 9.17) is 33.5 Å². The summed E-state index contributed by atoms with van der Waals surface area (Å²) < 4.78 is 35.4. The number of carboxylic acids is 1. The molecule has 0 aromatic heterocycles. The first-order chi connectivity index (χ1) is 34.6. The fraction of sp³-hybridized carbons (Fsp3) is 0.732. The molecule has 14 atom stereocenters. The number of ketones is 3. The average Bonchev–Trinajstić information content (AvgIpc) is 3.36.